The highest BCUT2D eigenvalue weighted by atomic mass is 127. The zero-order valence-corrected chi connectivity index (χ0v) is 13.8. The van der Waals surface area contributed by atoms with Crippen LogP contribution in [-0.4, -0.2) is 54.1 Å². The molecule has 8 heteroatoms. The molecule has 0 saturated carbocycles. The molecule has 0 radical (unpaired) electrons. The Hall–Kier alpha value is -1.32. The molecule has 0 saturated heterocycles. The lowest BCUT2D eigenvalue weighted by Crippen LogP contribution is -2.42. The standard InChI is InChI=1S/C11H20N6O.HI/c1-4-12-11(14-8-10(18)17(2)3)13-7-9-5-6-15-16-9;/h5-6H,4,7-8H2,1-3H3,(H,15,16)(H2,12,13,14);1H. The quantitative estimate of drug-likeness (QED) is 0.386. The Balaban J connectivity index is 0.00000324. The first-order valence-corrected chi connectivity index (χ1v) is 5.84. The molecule has 108 valence electrons. The average Bonchev–Trinajstić information content (AvgIpc) is 2.85. The maximum absolute atomic E-state index is 11.4. The number of nitrogens with zero attached hydrogens (tertiary/aromatic N) is 3. The van der Waals surface area contributed by atoms with E-state index in [4.69, 9.17) is 0 Å². The molecule has 0 spiro atoms. The van der Waals surface area contributed by atoms with Crippen LogP contribution in [0.2, 0.25) is 0 Å². The van der Waals surface area contributed by atoms with E-state index >= 15 is 0 Å². The van der Waals surface area contributed by atoms with E-state index in [-0.39, 0.29) is 36.4 Å². The first-order valence-electron chi connectivity index (χ1n) is 5.84. The largest absolute Gasteiger partial charge is 0.357 e. The third-order valence-electron chi connectivity index (χ3n) is 2.22. The minimum atomic E-state index is 0. The number of carbonyl (C=O) groups is 1. The first kappa shape index (κ1) is 17.7. The van der Waals surface area contributed by atoms with Gasteiger partial charge in [0.05, 0.1) is 18.8 Å². The number of aromatic nitrogens is 2. The van der Waals surface area contributed by atoms with Crippen LogP contribution in [-0.2, 0) is 11.3 Å². The predicted molar refractivity (Wildman–Crippen MR) is 85.5 cm³/mol. The molecule has 1 aromatic heterocycles. The van der Waals surface area contributed by atoms with E-state index in [0.29, 0.717) is 12.5 Å². The van der Waals surface area contributed by atoms with Crippen LogP contribution in [0.4, 0.5) is 0 Å². The van der Waals surface area contributed by atoms with E-state index in [1.54, 1.807) is 20.3 Å². The summed E-state index contributed by atoms with van der Waals surface area (Å²) < 4.78 is 0. The van der Waals surface area contributed by atoms with Crippen LogP contribution < -0.4 is 10.6 Å². The van der Waals surface area contributed by atoms with Gasteiger partial charge in [0.1, 0.15) is 0 Å². The minimum Gasteiger partial charge on any atom is -0.357 e. The zero-order valence-electron chi connectivity index (χ0n) is 11.4. The number of carbonyl (C=O) groups excluding carboxylic acids is 1. The highest BCUT2D eigenvalue weighted by Gasteiger charge is 2.05. The second kappa shape index (κ2) is 9.59. The van der Waals surface area contributed by atoms with Crippen molar-refractivity contribution in [2.75, 3.05) is 27.2 Å². The summed E-state index contributed by atoms with van der Waals surface area (Å²) >= 11 is 0. The van der Waals surface area contributed by atoms with Crippen molar-refractivity contribution in [3.05, 3.63) is 18.0 Å². The number of aliphatic imine (C=N–C) groups is 1. The van der Waals surface area contributed by atoms with Crippen molar-refractivity contribution in [3.8, 4) is 0 Å². The summed E-state index contributed by atoms with van der Waals surface area (Å²) in [6, 6.07) is 1.86. The molecule has 1 heterocycles. The Morgan fingerprint density at radius 3 is 2.74 bits per heavy atom. The number of guanidine groups is 1. The van der Waals surface area contributed by atoms with Gasteiger partial charge in [0.2, 0.25) is 5.91 Å². The van der Waals surface area contributed by atoms with Gasteiger partial charge in [-0.25, -0.2) is 4.99 Å². The summed E-state index contributed by atoms with van der Waals surface area (Å²) in [5.74, 6) is 0.615. The molecule has 0 unspecified atom stereocenters. The summed E-state index contributed by atoms with van der Waals surface area (Å²) in [5.41, 5.74) is 0.922. The van der Waals surface area contributed by atoms with Crippen LogP contribution in [0.1, 0.15) is 12.6 Å². The van der Waals surface area contributed by atoms with Gasteiger partial charge in [-0.15, -0.1) is 24.0 Å². The van der Waals surface area contributed by atoms with Gasteiger partial charge in [-0.3, -0.25) is 9.89 Å². The Kier molecular flexibility index (Phi) is 8.92. The fraction of sp³-hybridized carbons (Fsp3) is 0.545. The molecular formula is C11H21IN6O. The molecule has 0 aliphatic heterocycles. The highest BCUT2D eigenvalue weighted by Crippen LogP contribution is 1.93. The molecule has 0 fully saturated rings. The molecule has 0 atom stereocenters. The Morgan fingerprint density at radius 1 is 1.47 bits per heavy atom. The molecule has 1 aromatic rings. The fourth-order valence-electron chi connectivity index (χ4n) is 1.20. The second-order valence-electron chi connectivity index (χ2n) is 3.92. The number of aromatic amines is 1. The monoisotopic (exact) mass is 380 g/mol. The van der Waals surface area contributed by atoms with Crippen molar-refractivity contribution in [3.63, 3.8) is 0 Å². The number of amides is 1. The average molecular weight is 380 g/mol. The van der Waals surface area contributed by atoms with Gasteiger partial charge in [-0.1, -0.05) is 0 Å². The maximum Gasteiger partial charge on any atom is 0.241 e. The summed E-state index contributed by atoms with van der Waals surface area (Å²) in [7, 11) is 3.44. The molecule has 1 amide bonds. The molecule has 7 nitrogen and oxygen atoms in total. The van der Waals surface area contributed by atoms with Gasteiger partial charge in [-0.2, -0.15) is 5.10 Å². The molecular weight excluding hydrogens is 359 g/mol. The lowest BCUT2D eigenvalue weighted by molar-refractivity contribution is -0.127. The van der Waals surface area contributed by atoms with Crippen molar-refractivity contribution in [2.45, 2.75) is 13.5 Å². The number of H-pyrrole nitrogens is 1. The van der Waals surface area contributed by atoms with Gasteiger partial charge in [-0.05, 0) is 13.0 Å². The third kappa shape index (κ3) is 6.99. The summed E-state index contributed by atoms with van der Waals surface area (Å²) in [5, 5.41) is 12.7. The van der Waals surface area contributed by atoms with Gasteiger partial charge >= 0.3 is 0 Å². The second-order valence-corrected chi connectivity index (χ2v) is 3.92. The summed E-state index contributed by atoms with van der Waals surface area (Å²) in [6.45, 7) is 3.43. The van der Waals surface area contributed by atoms with Gasteiger partial charge < -0.3 is 15.5 Å². The van der Waals surface area contributed by atoms with Crippen molar-refractivity contribution in [2.24, 2.45) is 4.99 Å². The molecule has 0 aliphatic carbocycles. The van der Waals surface area contributed by atoms with Gasteiger partial charge in [0.15, 0.2) is 5.96 Å². The Morgan fingerprint density at radius 2 is 2.21 bits per heavy atom. The molecule has 19 heavy (non-hydrogen) atoms. The Labute approximate surface area is 130 Å². The van der Waals surface area contributed by atoms with Crippen molar-refractivity contribution in [1.29, 1.82) is 0 Å². The lowest BCUT2D eigenvalue weighted by Gasteiger charge is -2.13. The first-order chi connectivity index (χ1) is 8.63. The van der Waals surface area contributed by atoms with E-state index < -0.39 is 0 Å². The molecule has 3 N–H and O–H groups in total. The maximum atomic E-state index is 11.4. The van der Waals surface area contributed by atoms with E-state index in [9.17, 15) is 4.79 Å². The Bertz CT molecular complexity index is 390. The topological polar surface area (TPSA) is 85.4 Å². The van der Waals surface area contributed by atoms with Crippen LogP contribution in [0.15, 0.2) is 17.3 Å². The number of hydrogen-bond acceptors (Lipinski definition) is 3. The van der Waals surface area contributed by atoms with E-state index in [1.807, 2.05) is 13.0 Å². The third-order valence-corrected chi connectivity index (χ3v) is 2.22. The van der Waals surface area contributed by atoms with Gasteiger partial charge in [0.25, 0.3) is 0 Å². The number of hydrogen-bond donors (Lipinski definition) is 3. The summed E-state index contributed by atoms with van der Waals surface area (Å²) in [4.78, 5) is 17.3. The van der Waals surface area contributed by atoms with Crippen LogP contribution in [0.3, 0.4) is 0 Å². The lowest BCUT2D eigenvalue weighted by atomic mass is 10.4. The van der Waals surface area contributed by atoms with Crippen LogP contribution in [0.5, 0.6) is 0 Å². The van der Waals surface area contributed by atoms with E-state index in [2.05, 4.69) is 25.8 Å². The highest BCUT2D eigenvalue weighted by molar-refractivity contribution is 14.0. The normalized spacial score (nSPS) is 10.6. The number of halogens is 1. The molecule has 1 rings (SSSR count). The zero-order chi connectivity index (χ0) is 13.4. The minimum absolute atomic E-state index is 0. The number of nitrogens with one attached hydrogen (secondary N) is 3. The number of rotatable bonds is 5. The van der Waals surface area contributed by atoms with Crippen LogP contribution >= 0.6 is 24.0 Å². The van der Waals surface area contributed by atoms with E-state index in [1.165, 1.54) is 4.90 Å². The fourth-order valence-corrected chi connectivity index (χ4v) is 1.20. The van der Waals surface area contributed by atoms with Crippen molar-refractivity contribution in [1.82, 2.24) is 25.7 Å². The predicted octanol–water partition coefficient (Wildman–Crippen LogP) is 0.171. The van der Waals surface area contributed by atoms with Crippen LogP contribution in [0, 0.1) is 0 Å². The van der Waals surface area contributed by atoms with E-state index in [0.717, 1.165) is 12.2 Å². The van der Waals surface area contributed by atoms with Crippen molar-refractivity contribution >= 4 is 35.8 Å². The van der Waals surface area contributed by atoms with Gasteiger partial charge in [0, 0.05) is 26.8 Å². The van der Waals surface area contributed by atoms with Crippen LogP contribution in [0.25, 0.3) is 0 Å². The SMILES string of the molecule is CCNC(=NCc1ccn[nH]1)NCC(=O)N(C)C.I. The molecule has 0 bridgehead atoms. The number of likely N-dealkylation sites (N-methyl/N-ethyl adjacent to an activating group) is 1. The molecule has 0 aliphatic rings. The summed E-state index contributed by atoms with van der Waals surface area (Å²) in [6.07, 6.45) is 1.68. The van der Waals surface area contributed by atoms with Crippen molar-refractivity contribution < 1.29 is 4.79 Å². The smallest absolute Gasteiger partial charge is 0.241 e. The molecule has 0 aromatic carbocycles.